The molecule has 0 aliphatic heterocycles. The van der Waals surface area contributed by atoms with Gasteiger partial charge in [0.05, 0.1) is 9.92 Å². The van der Waals surface area contributed by atoms with Gasteiger partial charge < -0.3 is 5.32 Å². The molecule has 92 valence electrons. The Morgan fingerprint density at radius 2 is 2.18 bits per heavy atom. The van der Waals surface area contributed by atoms with Gasteiger partial charge in [-0.2, -0.15) is 0 Å². The molecule has 6 heteroatoms. The van der Waals surface area contributed by atoms with Crippen molar-refractivity contribution in [2.45, 2.75) is 4.90 Å². The van der Waals surface area contributed by atoms with E-state index in [1.54, 1.807) is 0 Å². The number of hydrogen-bond acceptors (Lipinski definition) is 3. The van der Waals surface area contributed by atoms with E-state index in [0.717, 1.165) is 6.26 Å². The number of benzene rings is 1. The first-order valence-electron chi connectivity index (χ1n) is 4.75. The van der Waals surface area contributed by atoms with Gasteiger partial charge in [-0.1, -0.05) is 17.7 Å². The van der Waals surface area contributed by atoms with Crippen LogP contribution in [0.3, 0.4) is 0 Å². The predicted molar refractivity (Wildman–Crippen MR) is 67.1 cm³/mol. The first-order chi connectivity index (χ1) is 7.86. The lowest BCUT2D eigenvalue weighted by Crippen LogP contribution is -2.23. The van der Waals surface area contributed by atoms with Crippen LogP contribution in [0.4, 0.5) is 0 Å². The predicted octanol–water partition coefficient (Wildman–Crippen LogP) is 1.66. The fourth-order valence-corrected chi connectivity index (χ4v) is 2.50. The van der Waals surface area contributed by atoms with Crippen molar-refractivity contribution in [2.24, 2.45) is 0 Å². The van der Waals surface area contributed by atoms with Crippen LogP contribution >= 0.6 is 11.6 Å². The Morgan fingerprint density at radius 1 is 1.53 bits per heavy atom. The highest BCUT2D eigenvalue weighted by Crippen LogP contribution is 2.22. The Bertz CT molecular complexity index is 552. The second-order valence-corrected chi connectivity index (χ2v) is 5.81. The monoisotopic (exact) mass is 273 g/mol. The van der Waals surface area contributed by atoms with E-state index in [4.69, 9.17) is 11.6 Å². The van der Waals surface area contributed by atoms with Gasteiger partial charge >= 0.3 is 0 Å². The Balaban J connectivity index is 3.13. The molecule has 0 saturated carbocycles. The van der Waals surface area contributed by atoms with E-state index in [9.17, 15) is 13.2 Å². The Morgan fingerprint density at radius 3 is 2.71 bits per heavy atom. The molecule has 1 rings (SSSR count). The molecule has 0 aliphatic carbocycles. The summed E-state index contributed by atoms with van der Waals surface area (Å²) in [6.45, 7) is 3.78. The van der Waals surface area contributed by atoms with Crippen LogP contribution in [-0.2, 0) is 9.84 Å². The highest BCUT2D eigenvalue weighted by atomic mass is 35.5. The fraction of sp³-hybridized carbons (Fsp3) is 0.182. The van der Waals surface area contributed by atoms with Crippen molar-refractivity contribution in [3.05, 3.63) is 41.4 Å². The maximum absolute atomic E-state index is 11.6. The van der Waals surface area contributed by atoms with Crippen LogP contribution in [0, 0.1) is 0 Å². The summed E-state index contributed by atoms with van der Waals surface area (Å²) in [6, 6.07) is 4.12. The standard InChI is InChI=1S/C11H12ClNO3S/c1-3-6-13-11(14)8-4-5-9(12)10(7-8)17(2,15)16/h3-5,7H,1,6H2,2H3,(H,13,14). The van der Waals surface area contributed by atoms with Crippen LogP contribution in [0.5, 0.6) is 0 Å². The van der Waals surface area contributed by atoms with Gasteiger partial charge in [0, 0.05) is 18.4 Å². The number of amides is 1. The summed E-state index contributed by atoms with van der Waals surface area (Å²) in [7, 11) is -3.44. The van der Waals surface area contributed by atoms with Gasteiger partial charge in [0.15, 0.2) is 9.84 Å². The van der Waals surface area contributed by atoms with Gasteiger partial charge in [-0.3, -0.25) is 4.79 Å². The zero-order chi connectivity index (χ0) is 13.1. The third-order valence-electron chi connectivity index (χ3n) is 2.00. The van der Waals surface area contributed by atoms with Crippen molar-refractivity contribution >= 4 is 27.3 Å². The Labute approximate surface area is 105 Å². The Hall–Kier alpha value is -1.33. The zero-order valence-corrected chi connectivity index (χ0v) is 10.8. The average molecular weight is 274 g/mol. The number of hydrogen-bond donors (Lipinski definition) is 1. The topological polar surface area (TPSA) is 63.2 Å². The van der Waals surface area contributed by atoms with E-state index in [-0.39, 0.29) is 21.4 Å². The van der Waals surface area contributed by atoms with Gasteiger partial charge in [-0.15, -0.1) is 6.58 Å². The lowest BCUT2D eigenvalue weighted by Gasteiger charge is -2.06. The highest BCUT2D eigenvalue weighted by molar-refractivity contribution is 7.90. The van der Waals surface area contributed by atoms with Crippen molar-refractivity contribution in [3.63, 3.8) is 0 Å². The molecule has 4 nitrogen and oxygen atoms in total. The van der Waals surface area contributed by atoms with Gasteiger partial charge in [-0.05, 0) is 18.2 Å². The van der Waals surface area contributed by atoms with Crippen LogP contribution < -0.4 is 5.32 Å². The van der Waals surface area contributed by atoms with E-state index in [2.05, 4.69) is 11.9 Å². The summed E-state index contributed by atoms with van der Waals surface area (Å²) >= 11 is 5.76. The van der Waals surface area contributed by atoms with Gasteiger partial charge in [0.2, 0.25) is 0 Å². The largest absolute Gasteiger partial charge is 0.349 e. The number of carbonyl (C=O) groups excluding carboxylic acids is 1. The van der Waals surface area contributed by atoms with Crippen LogP contribution in [0.2, 0.25) is 5.02 Å². The summed E-state index contributed by atoms with van der Waals surface area (Å²) in [4.78, 5) is 11.5. The molecule has 0 fully saturated rings. The van der Waals surface area contributed by atoms with E-state index in [1.807, 2.05) is 0 Å². The SMILES string of the molecule is C=CCNC(=O)c1ccc(Cl)c(S(C)(=O)=O)c1. The maximum Gasteiger partial charge on any atom is 0.251 e. The molecule has 0 aromatic heterocycles. The van der Waals surface area contributed by atoms with Crippen LogP contribution in [0.25, 0.3) is 0 Å². The molecule has 0 aliphatic rings. The molecule has 1 aromatic carbocycles. The summed E-state index contributed by atoms with van der Waals surface area (Å²) in [6.07, 6.45) is 2.57. The minimum Gasteiger partial charge on any atom is -0.349 e. The lowest BCUT2D eigenvalue weighted by atomic mass is 10.2. The summed E-state index contributed by atoms with van der Waals surface area (Å²) in [5.41, 5.74) is 0.247. The first kappa shape index (κ1) is 13.7. The molecule has 0 unspecified atom stereocenters. The average Bonchev–Trinajstić information content (AvgIpc) is 2.25. The van der Waals surface area contributed by atoms with E-state index in [0.29, 0.717) is 6.54 Å². The first-order valence-corrected chi connectivity index (χ1v) is 7.02. The minimum absolute atomic E-state index is 0.0505. The van der Waals surface area contributed by atoms with Crippen molar-refractivity contribution in [3.8, 4) is 0 Å². The summed E-state index contributed by atoms with van der Waals surface area (Å²) in [5.74, 6) is -0.369. The number of nitrogens with one attached hydrogen (secondary N) is 1. The smallest absolute Gasteiger partial charge is 0.251 e. The highest BCUT2D eigenvalue weighted by Gasteiger charge is 2.15. The second-order valence-electron chi connectivity index (χ2n) is 3.42. The van der Waals surface area contributed by atoms with E-state index in [1.165, 1.54) is 24.3 Å². The maximum atomic E-state index is 11.6. The van der Waals surface area contributed by atoms with Crippen molar-refractivity contribution < 1.29 is 13.2 Å². The van der Waals surface area contributed by atoms with Crippen LogP contribution in [-0.4, -0.2) is 27.1 Å². The third-order valence-corrected chi connectivity index (χ3v) is 3.58. The minimum atomic E-state index is -3.44. The molecular weight excluding hydrogens is 262 g/mol. The van der Waals surface area contributed by atoms with Gasteiger partial charge in [0.1, 0.15) is 0 Å². The molecular formula is C11H12ClNO3S. The molecule has 0 saturated heterocycles. The number of sulfone groups is 1. The molecule has 0 radical (unpaired) electrons. The Kier molecular flexibility index (Phi) is 4.31. The number of halogens is 1. The zero-order valence-electron chi connectivity index (χ0n) is 9.23. The molecule has 1 amide bonds. The van der Waals surface area contributed by atoms with Crippen molar-refractivity contribution in [1.82, 2.24) is 5.32 Å². The fourth-order valence-electron chi connectivity index (χ4n) is 1.20. The number of carbonyl (C=O) groups is 1. The summed E-state index contributed by atoms with van der Waals surface area (Å²) in [5, 5.41) is 2.66. The molecule has 1 N–H and O–H groups in total. The molecule has 0 heterocycles. The van der Waals surface area contributed by atoms with E-state index >= 15 is 0 Å². The second kappa shape index (κ2) is 5.33. The molecule has 0 bridgehead atoms. The quantitative estimate of drug-likeness (QED) is 0.849. The van der Waals surface area contributed by atoms with Crippen molar-refractivity contribution in [2.75, 3.05) is 12.8 Å². The van der Waals surface area contributed by atoms with E-state index < -0.39 is 9.84 Å². The lowest BCUT2D eigenvalue weighted by molar-refractivity contribution is 0.0958. The molecule has 1 aromatic rings. The molecule has 0 spiro atoms. The normalized spacial score (nSPS) is 10.9. The van der Waals surface area contributed by atoms with Gasteiger partial charge in [-0.25, -0.2) is 8.42 Å². The van der Waals surface area contributed by atoms with Gasteiger partial charge in [0.25, 0.3) is 5.91 Å². The third kappa shape index (κ3) is 3.57. The van der Waals surface area contributed by atoms with Crippen LogP contribution in [0.1, 0.15) is 10.4 Å². The molecule has 17 heavy (non-hydrogen) atoms. The number of rotatable bonds is 4. The van der Waals surface area contributed by atoms with Crippen LogP contribution in [0.15, 0.2) is 35.7 Å². The molecule has 0 atom stereocenters. The summed E-state index contributed by atoms with van der Waals surface area (Å²) < 4.78 is 22.8. The van der Waals surface area contributed by atoms with Crippen molar-refractivity contribution in [1.29, 1.82) is 0 Å².